The average Bonchev–Trinajstić information content (AvgIpc) is 3.39. The molecule has 2 unspecified atom stereocenters. The second kappa shape index (κ2) is 9.86. The predicted molar refractivity (Wildman–Crippen MR) is 121 cm³/mol. The topological polar surface area (TPSA) is 79.1 Å². The first-order valence-electron chi connectivity index (χ1n) is 11.1. The number of nitrogens with one attached hydrogen (secondary N) is 2. The minimum Gasteiger partial charge on any atom is -0.376 e. The first kappa shape index (κ1) is 21.9. The molecule has 1 fully saturated rings. The summed E-state index contributed by atoms with van der Waals surface area (Å²) >= 11 is 5.96. The van der Waals surface area contributed by atoms with E-state index in [4.69, 9.17) is 16.3 Å². The first-order valence-corrected chi connectivity index (χ1v) is 11.5. The SMILES string of the molecule is CC(NCC(=O)Nc1c(C#N)c2c(n1CC1CCCO1)CCCC2)c1ccc(Cl)cc1. The van der Waals surface area contributed by atoms with Crippen LogP contribution in [0.15, 0.2) is 24.3 Å². The monoisotopic (exact) mass is 440 g/mol. The second-order valence-electron chi connectivity index (χ2n) is 8.42. The summed E-state index contributed by atoms with van der Waals surface area (Å²) in [6.07, 6.45) is 6.25. The second-order valence-corrected chi connectivity index (χ2v) is 8.85. The van der Waals surface area contributed by atoms with Gasteiger partial charge in [0.25, 0.3) is 0 Å². The van der Waals surface area contributed by atoms with E-state index in [0.717, 1.165) is 56.3 Å². The highest BCUT2D eigenvalue weighted by atomic mass is 35.5. The third kappa shape index (κ3) is 4.95. The molecule has 2 aliphatic rings. The van der Waals surface area contributed by atoms with Crippen molar-refractivity contribution in [1.82, 2.24) is 9.88 Å². The number of hydrogen-bond donors (Lipinski definition) is 2. The van der Waals surface area contributed by atoms with Gasteiger partial charge in [0.05, 0.1) is 24.8 Å². The van der Waals surface area contributed by atoms with Crippen molar-refractivity contribution < 1.29 is 9.53 Å². The highest BCUT2D eigenvalue weighted by Crippen LogP contribution is 2.34. The van der Waals surface area contributed by atoms with E-state index in [1.54, 1.807) is 0 Å². The molecule has 7 heteroatoms. The number of amides is 1. The lowest BCUT2D eigenvalue weighted by Crippen LogP contribution is -2.31. The third-order valence-corrected chi connectivity index (χ3v) is 6.54. The molecule has 1 saturated heterocycles. The Bertz CT molecular complexity index is 971. The Morgan fingerprint density at radius 2 is 2.06 bits per heavy atom. The number of halogens is 1. The molecule has 2 aromatic rings. The van der Waals surface area contributed by atoms with Crippen LogP contribution >= 0.6 is 11.6 Å². The molecule has 0 saturated carbocycles. The van der Waals surface area contributed by atoms with E-state index < -0.39 is 0 Å². The van der Waals surface area contributed by atoms with Gasteiger partial charge in [-0.3, -0.25) is 4.79 Å². The molecule has 0 bridgehead atoms. The number of fused-ring (bicyclic) bond motifs is 1. The standard InChI is InChI=1S/C24H29ClN4O2/c1-16(17-8-10-18(25)11-9-17)27-14-23(30)28-24-21(13-26)20-6-2-3-7-22(20)29(24)15-19-5-4-12-31-19/h8-11,16,19,27H,2-7,12,14-15H2,1H3,(H,28,30). The van der Waals surface area contributed by atoms with E-state index in [-0.39, 0.29) is 24.6 Å². The first-order chi connectivity index (χ1) is 15.1. The minimum absolute atomic E-state index is 0.00494. The van der Waals surface area contributed by atoms with Crippen LogP contribution in [0.4, 0.5) is 5.82 Å². The van der Waals surface area contributed by atoms with E-state index >= 15 is 0 Å². The number of nitriles is 1. The van der Waals surface area contributed by atoms with Crippen molar-refractivity contribution in [1.29, 1.82) is 5.26 Å². The number of carbonyl (C=O) groups is 1. The van der Waals surface area contributed by atoms with Gasteiger partial charge in [-0.2, -0.15) is 5.26 Å². The lowest BCUT2D eigenvalue weighted by Gasteiger charge is -2.20. The Morgan fingerprint density at radius 1 is 1.29 bits per heavy atom. The average molecular weight is 441 g/mol. The van der Waals surface area contributed by atoms with Crippen molar-refractivity contribution in [3.63, 3.8) is 0 Å². The fraction of sp³-hybridized carbons (Fsp3) is 0.500. The molecular weight excluding hydrogens is 412 g/mol. The minimum atomic E-state index is -0.152. The highest BCUT2D eigenvalue weighted by Gasteiger charge is 2.28. The molecule has 4 rings (SSSR count). The number of hydrogen-bond acceptors (Lipinski definition) is 4. The van der Waals surface area contributed by atoms with E-state index in [1.165, 1.54) is 5.69 Å². The maximum absolute atomic E-state index is 12.8. The lowest BCUT2D eigenvalue weighted by atomic mass is 9.95. The number of benzene rings is 1. The molecule has 2 N–H and O–H groups in total. The maximum atomic E-state index is 12.8. The maximum Gasteiger partial charge on any atom is 0.239 e. The Morgan fingerprint density at radius 3 is 2.77 bits per heavy atom. The van der Waals surface area contributed by atoms with Gasteiger partial charge in [0, 0.05) is 23.4 Å². The Kier molecular flexibility index (Phi) is 6.96. The van der Waals surface area contributed by atoms with Crippen molar-refractivity contribution in [2.75, 3.05) is 18.5 Å². The van der Waals surface area contributed by atoms with Gasteiger partial charge < -0.3 is 19.9 Å². The Balaban J connectivity index is 1.49. The summed E-state index contributed by atoms with van der Waals surface area (Å²) in [5.74, 6) is 0.483. The molecule has 0 radical (unpaired) electrons. The number of rotatable bonds is 7. The van der Waals surface area contributed by atoms with E-state index in [2.05, 4.69) is 21.3 Å². The summed E-state index contributed by atoms with van der Waals surface area (Å²) in [6.45, 7) is 3.64. The van der Waals surface area contributed by atoms with Gasteiger partial charge in [0.2, 0.25) is 5.91 Å². The van der Waals surface area contributed by atoms with Crippen LogP contribution in [-0.2, 0) is 28.9 Å². The summed E-state index contributed by atoms with van der Waals surface area (Å²) in [6, 6.07) is 9.96. The molecule has 31 heavy (non-hydrogen) atoms. The van der Waals surface area contributed by atoms with Crippen molar-refractivity contribution in [3.8, 4) is 6.07 Å². The summed E-state index contributed by atoms with van der Waals surface area (Å²) in [4.78, 5) is 12.8. The van der Waals surface area contributed by atoms with E-state index in [9.17, 15) is 10.1 Å². The van der Waals surface area contributed by atoms with Crippen LogP contribution in [0.25, 0.3) is 0 Å². The van der Waals surface area contributed by atoms with Gasteiger partial charge in [-0.15, -0.1) is 0 Å². The van der Waals surface area contributed by atoms with Crippen LogP contribution in [0.3, 0.4) is 0 Å². The summed E-state index contributed by atoms with van der Waals surface area (Å²) in [5, 5.41) is 16.9. The molecule has 1 amide bonds. The quantitative estimate of drug-likeness (QED) is 0.670. The van der Waals surface area contributed by atoms with Gasteiger partial charge >= 0.3 is 0 Å². The zero-order valence-corrected chi connectivity index (χ0v) is 18.7. The van der Waals surface area contributed by atoms with E-state index in [0.29, 0.717) is 22.9 Å². The molecule has 2 heterocycles. The Hall–Kier alpha value is -2.33. The third-order valence-electron chi connectivity index (χ3n) is 6.29. The van der Waals surface area contributed by atoms with Crippen LogP contribution in [0.5, 0.6) is 0 Å². The molecule has 164 valence electrons. The number of aromatic nitrogens is 1. The number of anilines is 1. The van der Waals surface area contributed by atoms with Crippen LogP contribution in [0.2, 0.25) is 5.02 Å². The Labute approximate surface area is 188 Å². The fourth-order valence-corrected chi connectivity index (χ4v) is 4.73. The molecule has 1 aliphatic heterocycles. The van der Waals surface area contributed by atoms with Gasteiger partial charge in [-0.1, -0.05) is 23.7 Å². The molecule has 6 nitrogen and oxygen atoms in total. The van der Waals surface area contributed by atoms with Crippen LogP contribution in [0, 0.1) is 11.3 Å². The zero-order chi connectivity index (χ0) is 21.8. The summed E-state index contributed by atoms with van der Waals surface area (Å²) in [7, 11) is 0. The van der Waals surface area contributed by atoms with Crippen molar-refractivity contribution in [3.05, 3.63) is 51.7 Å². The van der Waals surface area contributed by atoms with Gasteiger partial charge in [-0.25, -0.2) is 0 Å². The van der Waals surface area contributed by atoms with Gasteiger partial charge in [-0.05, 0) is 68.7 Å². The lowest BCUT2D eigenvalue weighted by molar-refractivity contribution is -0.115. The number of carbonyl (C=O) groups excluding carboxylic acids is 1. The smallest absolute Gasteiger partial charge is 0.239 e. The fourth-order valence-electron chi connectivity index (χ4n) is 4.60. The van der Waals surface area contributed by atoms with Crippen molar-refractivity contribution >= 4 is 23.3 Å². The molecule has 2 atom stereocenters. The van der Waals surface area contributed by atoms with Gasteiger partial charge in [0.1, 0.15) is 11.9 Å². The van der Waals surface area contributed by atoms with Crippen molar-refractivity contribution in [2.45, 2.75) is 64.1 Å². The predicted octanol–water partition coefficient (Wildman–Crippen LogP) is 4.36. The number of nitrogens with zero attached hydrogens (tertiary/aromatic N) is 2. The zero-order valence-electron chi connectivity index (χ0n) is 17.9. The highest BCUT2D eigenvalue weighted by molar-refractivity contribution is 6.30. The summed E-state index contributed by atoms with van der Waals surface area (Å²) in [5.41, 5.74) is 3.97. The van der Waals surface area contributed by atoms with Crippen molar-refractivity contribution in [2.24, 2.45) is 0 Å². The van der Waals surface area contributed by atoms with E-state index in [1.807, 2.05) is 31.2 Å². The summed E-state index contributed by atoms with van der Waals surface area (Å²) < 4.78 is 7.99. The largest absolute Gasteiger partial charge is 0.376 e. The van der Waals surface area contributed by atoms with Crippen LogP contribution < -0.4 is 10.6 Å². The number of ether oxygens (including phenoxy) is 1. The molecule has 1 aliphatic carbocycles. The van der Waals surface area contributed by atoms with Crippen LogP contribution in [-0.4, -0.2) is 29.7 Å². The molecule has 1 aromatic carbocycles. The van der Waals surface area contributed by atoms with Crippen LogP contribution in [0.1, 0.15) is 61.0 Å². The van der Waals surface area contributed by atoms with Gasteiger partial charge in [0.15, 0.2) is 0 Å². The molecule has 0 spiro atoms. The molecular formula is C24H29ClN4O2. The normalized spacial score (nSPS) is 18.9. The molecule has 1 aromatic heterocycles.